The summed E-state index contributed by atoms with van der Waals surface area (Å²) < 4.78 is 5.40. The van der Waals surface area contributed by atoms with Crippen LogP contribution in [0.2, 0.25) is 0 Å². The van der Waals surface area contributed by atoms with Gasteiger partial charge in [0.15, 0.2) is 0 Å². The Morgan fingerprint density at radius 3 is 2.41 bits per heavy atom. The number of hydrogen-bond donors (Lipinski definition) is 2. The first-order valence-electron chi connectivity index (χ1n) is 8.83. The SMILES string of the molecule is CC(C)C[C@H](NC1CCOCC1)C(=O)N1CCC(CO)CC1. The van der Waals surface area contributed by atoms with Gasteiger partial charge in [0.25, 0.3) is 0 Å². The highest BCUT2D eigenvalue weighted by Crippen LogP contribution is 2.19. The van der Waals surface area contributed by atoms with E-state index in [1.807, 2.05) is 4.90 Å². The van der Waals surface area contributed by atoms with E-state index in [0.717, 1.165) is 58.4 Å². The molecule has 0 aromatic heterocycles. The van der Waals surface area contributed by atoms with Crippen LogP contribution in [0.1, 0.15) is 46.0 Å². The third-order valence-corrected chi connectivity index (χ3v) is 4.85. The molecule has 5 heteroatoms. The molecule has 2 heterocycles. The lowest BCUT2D eigenvalue weighted by molar-refractivity contribution is -0.136. The summed E-state index contributed by atoms with van der Waals surface area (Å²) in [6.07, 6.45) is 4.72. The van der Waals surface area contributed by atoms with E-state index in [1.165, 1.54) is 0 Å². The first kappa shape index (κ1) is 17.7. The molecule has 5 nitrogen and oxygen atoms in total. The monoisotopic (exact) mass is 312 g/mol. The van der Waals surface area contributed by atoms with Gasteiger partial charge in [-0.3, -0.25) is 4.79 Å². The fraction of sp³-hybridized carbons (Fsp3) is 0.941. The van der Waals surface area contributed by atoms with Crippen LogP contribution in [0.25, 0.3) is 0 Å². The Labute approximate surface area is 134 Å². The number of aliphatic hydroxyl groups is 1. The summed E-state index contributed by atoms with van der Waals surface area (Å²) in [4.78, 5) is 14.9. The van der Waals surface area contributed by atoms with E-state index in [2.05, 4.69) is 19.2 Å². The molecule has 0 aliphatic carbocycles. The normalized spacial score (nSPS) is 23.0. The molecule has 2 aliphatic rings. The standard InChI is InChI=1S/C17H32N2O3/c1-13(2)11-16(18-15-5-9-22-10-6-15)17(21)19-7-3-14(12-20)4-8-19/h13-16,18,20H,3-12H2,1-2H3/t16-/m0/s1. The van der Waals surface area contributed by atoms with Gasteiger partial charge >= 0.3 is 0 Å². The van der Waals surface area contributed by atoms with Crippen LogP contribution in [0.5, 0.6) is 0 Å². The van der Waals surface area contributed by atoms with Crippen molar-refractivity contribution in [3.8, 4) is 0 Å². The molecular formula is C17H32N2O3. The first-order chi connectivity index (χ1) is 10.6. The Kier molecular flexibility index (Phi) is 7.12. The fourth-order valence-corrected chi connectivity index (χ4v) is 3.42. The van der Waals surface area contributed by atoms with Gasteiger partial charge in [0.2, 0.25) is 5.91 Å². The average molecular weight is 312 g/mol. The zero-order chi connectivity index (χ0) is 15.9. The van der Waals surface area contributed by atoms with Gasteiger partial charge in [0.05, 0.1) is 6.04 Å². The quantitative estimate of drug-likeness (QED) is 0.778. The molecule has 0 unspecified atom stereocenters. The van der Waals surface area contributed by atoms with Crippen LogP contribution in [0, 0.1) is 11.8 Å². The molecule has 2 saturated heterocycles. The summed E-state index contributed by atoms with van der Waals surface area (Å²) >= 11 is 0. The Morgan fingerprint density at radius 1 is 1.23 bits per heavy atom. The molecule has 2 rings (SSSR count). The Bertz CT molecular complexity index is 335. The molecule has 1 atom stereocenters. The van der Waals surface area contributed by atoms with Gasteiger partial charge in [-0.05, 0) is 43.9 Å². The summed E-state index contributed by atoms with van der Waals surface area (Å²) in [5.74, 6) is 1.11. The Hall–Kier alpha value is -0.650. The fourth-order valence-electron chi connectivity index (χ4n) is 3.42. The zero-order valence-electron chi connectivity index (χ0n) is 14.1. The summed E-state index contributed by atoms with van der Waals surface area (Å²) in [5, 5.41) is 12.8. The third-order valence-electron chi connectivity index (χ3n) is 4.85. The van der Waals surface area contributed by atoms with Gasteiger partial charge in [-0.2, -0.15) is 0 Å². The number of carbonyl (C=O) groups is 1. The van der Waals surface area contributed by atoms with Gasteiger partial charge in [-0.1, -0.05) is 13.8 Å². The van der Waals surface area contributed by atoms with Crippen molar-refractivity contribution in [2.24, 2.45) is 11.8 Å². The second-order valence-electron chi connectivity index (χ2n) is 7.19. The summed E-state index contributed by atoms with van der Waals surface area (Å²) in [6, 6.07) is 0.324. The molecule has 0 aromatic carbocycles. The minimum Gasteiger partial charge on any atom is -0.396 e. The van der Waals surface area contributed by atoms with Crippen molar-refractivity contribution in [2.45, 2.75) is 58.0 Å². The van der Waals surface area contributed by atoms with Crippen LogP contribution in [0.3, 0.4) is 0 Å². The number of piperidine rings is 1. The predicted molar refractivity (Wildman–Crippen MR) is 86.6 cm³/mol. The van der Waals surface area contributed by atoms with E-state index in [9.17, 15) is 9.90 Å². The molecule has 128 valence electrons. The number of nitrogens with one attached hydrogen (secondary N) is 1. The second-order valence-corrected chi connectivity index (χ2v) is 7.19. The van der Waals surface area contributed by atoms with E-state index in [1.54, 1.807) is 0 Å². The molecule has 0 bridgehead atoms. The molecular weight excluding hydrogens is 280 g/mol. The summed E-state index contributed by atoms with van der Waals surface area (Å²) in [6.45, 7) is 7.75. The van der Waals surface area contributed by atoms with Gasteiger partial charge in [0.1, 0.15) is 0 Å². The maximum absolute atomic E-state index is 12.9. The lowest BCUT2D eigenvalue weighted by Crippen LogP contribution is -2.53. The summed E-state index contributed by atoms with van der Waals surface area (Å²) in [5.41, 5.74) is 0. The smallest absolute Gasteiger partial charge is 0.239 e. The number of hydrogen-bond acceptors (Lipinski definition) is 4. The lowest BCUT2D eigenvalue weighted by Gasteiger charge is -2.36. The molecule has 2 fully saturated rings. The lowest BCUT2D eigenvalue weighted by atomic mass is 9.95. The van der Waals surface area contributed by atoms with Crippen molar-refractivity contribution in [2.75, 3.05) is 32.9 Å². The van der Waals surface area contributed by atoms with Crippen molar-refractivity contribution >= 4 is 5.91 Å². The third kappa shape index (κ3) is 5.21. The highest BCUT2D eigenvalue weighted by Gasteiger charge is 2.30. The minimum atomic E-state index is -0.0752. The second kappa shape index (κ2) is 8.85. The maximum Gasteiger partial charge on any atom is 0.239 e. The number of likely N-dealkylation sites (tertiary alicyclic amines) is 1. The van der Waals surface area contributed by atoms with E-state index < -0.39 is 0 Å². The average Bonchev–Trinajstić information content (AvgIpc) is 2.54. The Morgan fingerprint density at radius 2 is 1.86 bits per heavy atom. The van der Waals surface area contributed by atoms with Gasteiger partial charge in [0, 0.05) is 39.0 Å². The van der Waals surface area contributed by atoms with Crippen LogP contribution in [-0.4, -0.2) is 60.9 Å². The van der Waals surface area contributed by atoms with E-state index in [0.29, 0.717) is 17.9 Å². The number of aliphatic hydroxyl groups excluding tert-OH is 1. The zero-order valence-corrected chi connectivity index (χ0v) is 14.1. The molecule has 0 aromatic rings. The number of carbonyl (C=O) groups excluding carboxylic acids is 1. The molecule has 2 N–H and O–H groups in total. The molecule has 22 heavy (non-hydrogen) atoms. The number of ether oxygens (including phenoxy) is 1. The predicted octanol–water partition coefficient (Wildman–Crippen LogP) is 1.40. The van der Waals surface area contributed by atoms with Crippen molar-refractivity contribution in [3.63, 3.8) is 0 Å². The van der Waals surface area contributed by atoms with Gasteiger partial charge in [-0.25, -0.2) is 0 Å². The van der Waals surface area contributed by atoms with Crippen LogP contribution in [0.15, 0.2) is 0 Å². The molecule has 1 amide bonds. The number of amides is 1. The van der Waals surface area contributed by atoms with Crippen LogP contribution >= 0.6 is 0 Å². The largest absolute Gasteiger partial charge is 0.396 e. The topological polar surface area (TPSA) is 61.8 Å². The van der Waals surface area contributed by atoms with Crippen molar-refractivity contribution in [1.29, 1.82) is 0 Å². The molecule has 0 spiro atoms. The molecule has 0 saturated carbocycles. The summed E-state index contributed by atoms with van der Waals surface area (Å²) in [7, 11) is 0. The highest BCUT2D eigenvalue weighted by molar-refractivity contribution is 5.82. The van der Waals surface area contributed by atoms with E-state index in [-0.39, 0.29) is 18.6 Å². The van der Waals surface area contributed by atoms with Crippen molar-refractivity contribution in [1.82, 2.24) is 10.2 Å². The van der Waals surface area contributed by atoms with Gasteiger partial charge in [-0.15, -0.1) is 0 Å². The molecule has 2 aliphatic heterocycles. The number of nitrogens with zero attached hydrogens (tertiary/aromatic N) is 1. The first-order valence-corrected chi connectivity index (χ1v) is 8.83. The Balaban J connectivity index is 1.90. The van der Waals surface area contributed by atoms with Crippen LogP contribution in [-0.2, 0) is 9.53 Å². The van der Waals surface area contributed by atoms with Crippen molar-refractivity contribution in [3.05, 3.63) is 0 Å². The van der Waals surface area contributed by atoms with E-state index in [4.69, 9.17) is 4.74 Å². The van der Waals surface area contributed by atoms with Crippen LogP contribution in [0.4, 0.5) is 0 Å². The number of rotatable bonds is 6. The maximum atomic E-state index is 12.9. The van der Waals surface area contributed by atoms with E-state index >= 15 is 0 Å². The van der Waals surface area contributed by atoms with Gasteiger partial charge < -0.3 is 20.1 Å². The molecule has 0 radical (unpaired) electrons. The van der Waals surface area contributed by atoms with Crippen LogP contribution < -0.4 is 5.32 Å². The minimum absolute atomic E-state index is 0.0752. The van der Waals surface area contributed by atoms with Crippen molar-refractivity contribution < 1.29 is 14.6 Å². The highest BCUT2D eigenvalue weighted by atomic mass is 16.5.